The molecule has 4 heteroatoms. The van der Waals surface area contributed by atoms with Gasteiger partial charge in [-0.1, -0.05) is 133 Å². The van der Waals surface area contributed by atoms with Crippen LogP contribution in [0, 0.1) is 0 Å². The number of thiazole rings is 1. The Morgan fingerprint density at radius 2 is 1.20 bits per heavy atom. The Hall–Kier alpha value is -6.23. The van der Waals surface area contributed by atoms with Crippen molar-refractivity contribution in [2.45, 2.75) is 0 Å². The summed E-state index contributed by atoms with van der Waals surface area (Å²) in [4.78, 5) is 7.63. The van der Waals surface area contributed by atoms with Crippen molar-refractivity contribution >= 4 is 82.1 Å². The maximum Gasteiger partial charge on any atom is 0.143 e. The predicted octanol–water partition coefficient (Wildman–Crippen LogP) is 13.3. The zero-order valence-electron chi connectivity index (χ0n) is 26.4. The molecule has 0 radical (unpaired) electrons. The Labute approximate surface area is 286 Å². The van der Waals surface area contributed by atoms with Gasteiger partial charge in [-0.25, -0.2) is 4.98 Å². The molecule has 0 saturated heterocycles. The molecule has 0 spiro atoms. The number of para-hydroxylation sites is 3. The summed E-state index contributed by atoms with van der Waals surface area (Å²) >= 11 is 1.75. The smallest absolute Gasteiger partial charge is 0.143 e. The van der Waals surface area contributed by atoms with Crippen molar-refractivity contribution in [2.24, 2.45) is 0 Å². The van der Waals surface area contributed by atoms with Gasteiger partial charge in [-0.15, -0.1) is 11.3 Å². The van der Waals surface area contributed by atoms with Crippen LogP contribution in [0.5, 0.6) is 0 Å². The van der Waals surface area contributed by atoms with Gasteiger partial charge in [-0.3, -0.25) is 0 Å². The third-order valence-electron chi connectivity index (χ3n) is 9.48. The number of nitrogens with zero attached hydrogens (tertiary/aromatic N) is 2. The molecule has 0 unspecified atom stereocenters. The molecule has 8 aromatic carbocycles. The SMILES string of the molecule is c1ccc(-c2nc3c(cc(N(c4ccccc4)c4ccc(-c5cccc6c5oc5ccccc56)cc4)c4c5ccccc5ccc34)s2)cc1. The van der Waals surface area contributed by atoms with Crippen LogP contribution in [0.1, 0.15) is 0 Å². The fraction of sp³-hybridized carbons (Fsp3) is 0. The van der Waals surface area contributed by atoms with Gasteiger partial charge in [-0.2, -0.15) is 0 Å². The summed E-state index contributed by atoms with van der Waals surface area (Å²) in [7, 11) is 0. The first kappa shape index (κ1) is 27.8. The fourth-order valence-corrected chi connectivity index (χ4v) is 8.24. The molecule has 0 aliphatic rings. The molecule has 10 rings (SSSR count). The highest BCUT2D eigenvalue weighted by Crippen LogP contribution is 2.47. The van der Waals surface area contributed by atoms with E-state index in [2.05, 4.69) is 163 Å². The van der Waals surface area contributed by atoms with Crippen LogP contribution < -0.4 is 4.90 Å². The van der Waals surface area contributed by atoms with Crippen LogP contribution in [0.4, 0.5) is 17.1 Å². The lowest BCUT2D eigenvalue weighted by atomic mass is 9.98. The first-order chi connectivity index (χ1) is 24.3. The van der Waals surface area contributed by atoms with Gasteiger partial charge in [0.1, 0.15) is 16.2 Å². The van der Waals surface area contributed by atoms with E-state index in [-0.39, 0.29) is 0 Å². The second-order valence-electron chi connectivity index (χ2n) is 12.3. The minimum absolute atomic E-state index is 0.907. The van der Waals surface area contributed by atoms with Crippen LogP contribution >= 0.6 is 11.3 Å². The Bertz CT molecular complexity index is 2820. The van der Waals surface area contributed by atoms with Crippen molar-refractivity contribution in [1.29, 1.82) is 0 Å². The summed E-state index contributed by atoms with van der Waals surface area (Å²) in [6, 6.07) is 60.2. The minimum Gasteiger partial charge on any atom is -0.455 e. The number of aromatic nitrogens is 1. The molecule has 49 heavy (non-hydrogen) atoms. The zero-order valence-corrected chi connectivity index (χ0v) is 27.2. The maximum absolute atomic E-state index is 6.40. The third kappa shape index (κ3) is 4.53. The Kier molecular flexibility index (Phi) is 6.36. The first-order valence-electron chi connectivity index (χ1n) is 16.5. The van der Waals surface area contributed by atoms with Crippen LogP contribution in [0.15, 0.2) is 174 Å². The standard InChI is InChI=1S/C45H28N2OS/c1-3-13-31(14-4-1)45-46-43-38-27-24-29-12-7-8-17-34(29)42(38)39(28-41(43)49-45)47(32-15-5-2-6-16-32)33-25-22-30(23-26-33)35-19-11-20-37-36-18-9-10-21-40(36)48-44(35)37/h1-28H. The number of fused-ring (bicyclic) bond motifs is 8. The van der Waals surface area contributed by atoms with Gasteiger partial charge in [-0.05, 0) is 52.7 Å². The summed E-state index contributed by atoms with van der Waals surface area (Å²) in [5.41, 5.74) is 9.49. The molecule has 3 nitrogen and oxygen atoms in total. The Balaban J connectivity index is 1.20. The number of furan rings is 1. The van der Waals surface area contributed by atoms with Gasteiger partial charge in [0.15, 0.2) is 0 Å². The molecule has 0 atom stereocenters. The number of anilines is 3. The highest BCUT2D eigenvalue weighted by Gasteiger charge is 2.21. The van der Waals surface area contributed by atoms with E-state index in [9.17, 15) is 0 Å². The van der Waals surface area contributed by atoms with E-state index >= 15 is 0 Å². The van der Waals surface area contributed by atoms with Crippen molar-refractivity contribution < 1.29 is 4.42 Å². The molecular weight excluding hydrogens is 617 g/mol. The number of rotatable bonds is 5. The van der Waals surface area contributed by atoms with Crippen molar-refractivity contribution in [3.05, 3.63) is 170 Å². The van der Waals surface area contributed by atoms with E-state index in [1.807, 2.05) is 12.1 Å². The molecular formula is C45H28N2OS. The Morgan fingerprint density at radius 3 is 2.04 bits per heavy atom. The average molecular weight is 645 g/mol. The van der Waals surface area contributed by atoms with Crippen LogP contribution in [-0.2, 0) is 0 Å². The van der Waals surface area contributed by atoms with Crippen LogP contribution in [0.3, 0.4) is 0 Å². The highest BCUT2D eigenvalue weighted by molar-refractivity contribution is 7.21. The fourth-order valence-electron chi connectivity index (χ4n) is 7.21. The largest absolute Gasteiger partial charge is 0.455 e. The lowest BCUT2D eigenvalue weighted by Crippen LogP contribution is -2.10. The summed E-state index contributed by atoms with van der Waals surface area (Å²) in [6.45, 7) is 0. The molecule has 10 aromatic rings. The average Bonchev–Trinajstić information content (AvgIpc) is 3.78. The van der Waals surface area contributed by atoms with Crippen LogP contribution in [-0.4, -0.2) is 4.98 Å². The lowest BCUT2D eigenvalue weighted by Gasteiger charge is -2.27. The molecule has 0 fully saturated rings. The van der Waals surface area contributed by atoms with E-state index in [0.717, 1.165) is 76.3 Å². The minimum atomic E-state index is 0.907. The molecule has 0 amide bonds. The number of hydrogen-bond acceptors (Lipinski definition) is 4. The molecule has 0 N–H and O–H groups in total. The van der Waals surface area contributed by atoms with Crippen molar-refractivity contribution in [1.82, 2.24) is 4.98 Å². The van der Waals surface area contributed by atoms with E-state index in [1.165, 1.54) is 16.2 Å². The maximum atomic E-state index is 6.40. The summed E-state index contributed by atoms with van der Waals surface area (Å²) in [5.74, 6) is 0. The molecule has 2 heterocycles. The molecule has 0 saturated carbocycles. The van der Waals surface area contributed by atoms with Gasteiger partial charge >= 0.3 is 0 Å². The lowest BCUT2D eigenvalue weighted by molar-refractivity contribution is 0.670. The van der Waals surface area contributed by atoms with E-state index in [1.54, 1.807) is 11.3 Å². The number of benzene rings is 8. The molecule has 0 bridgehead atoms. The van der Waals surface area contributed by atoms with Gasteiger partial charge in [0.25, 0.3) is 0 Å². The molecule has 0 aliphatic carbocycles. The van der Waals surface area contributed by atoms with Crippen molar-refractivity contribution in [3.8, 4) is 21.7 Å². The van der Waals surface area contributed by atoms with E-state index in [4.69, 9.17) is 9.40 Å². The summed E-state index contributed by atoms with van der Waals surface area (Å²) in [6.07, 6.45) is 0. The topological polar surface area (TPSA) is 29.3 Å². The highest BCUT2D eigenvalue weighted by atomic mass is 32.1. The van der Waals surface area contributed by atoms with Gasteiger partial charge < -0.3 is 9.32 Å². The molecule has 230 valence electrons. The van der Waals surface area contributed by atoms with Gasteiger partial charge in [0.2, 0.25) is 0 Å². The van der Waals surface area contributed by atoms with Crippen LogP contribution in [0.25, 0.3) is 75.4 Å². The van der Waals surface area contributed by atoms with Crippen LogP contribution in [0.2, 0.25) is 0 Å². The zero-order chi connectivity index (χ0) is 32.3. The van der Waals surface area contributed by atoms with Gasteiger partial charge in [0, 0.05) is 44.0 Å². The summed E-state index contributed by atoms with van der Waals surface area (Å²) < 4.78 is 7.56. The monoisotopic (exact) mass is 644 g/mol. The normalized spacial score (nSPS) is 11.7. The predicted molar refractivity (Wildman–Crippen MR) is 207 cm³/mol. The van der Waals surface area contributed by atoms with Crippen molar-refractivity contribution in [2.75, 3.05) is 4.90 Å². The van der Waals surface area contributed by atoms with E-state index in [0.29, 0.717) is 0 Å². The van der Waals surface area contributed by atoms with E-state index < -0.39 is 0 Å². The van der Waals surface area contributed by atoms with Gasteiger partial charge in [0.05, 0.1) is 15.9 Å². The Morgan fingerprint density at radius 1 is 0.510 bits per heavy atom. The van der Waals surface area contributed by atoms with Crippen molar-refractivity contribution in [3.63, 3.8) is 0 Å². The number of hydrogen-bond donors (Lipinski definition) is 0. The second-order valence-corrected chi connectivity index (χ2v) is 13.4. The molecule has 2 aromatic heterocycles. The third-order valence-corrected chi connectivity index (χ3v) is 10.5. The summed E-state index contributed by atoms with van der Waals surface area (Å²) in [5, 5.41) is 8.05. The first-order valence-corrected chi connectivity index (χ1v) is 17.3. The molecule has 0 aliphatic heterocycles. The quantitative estimate of drug-likeness (QED) is 0.175. The second kappa shape index (κ2) is 11.2.